The van der Waals surface area contributed by atoms with Crippen molar-refractivity contribution < 1.29 is 4.79 Å². The monoisotopic (exact) mass is 315 g/mol. The highest BCUT2D eigenvalue weighted by atomic mass is 35.5. The molecule has 0 bridgehead atoms. The van der Waals surface area contributed by atoms with Crippen LogP contribution in [0.15, 0.2) is 42.6 Å². The molecular formula is C17H18ClN3O. The Balaban J connectivity index is 1.71. The highest BCUT2D eigenvalue weighted by molar-refractivity contribution is 6.31. The molecule has 114 valence electrons. The molecule has 2 aromatic rings. The Morgan fingerprint density at radius 2 is 2.14 bits per heavy atom. The molecule has 0 atom stereocenters. The molecule has 1 aromatic carbocycles. The van der Waals surface area contributed by atoms with Crippen LogP contribution in [-0.2, 0) is 6.54 Å². The van der Waals surface area contributed by atoms with E-state index in [1.165, 1.54) is 12.8 Å². The number of carbonyl (C=O) groups is 1. The van der Waals surface area contributed by atoms with Gasteiger partial charge in [-0.15, -0.1) is 0 Å². The van der Waals surface area contributed by atoms with E-state index in [0.717, 1.165) is 11.4 Å². The molecule has 1 aromatic heterocycles. The highest BCUT2D eigenvalue weighted by Gasteiger charge is 2.22. The molecule has 5 heteroatoms. The van der Waals surface area contributed by atoms with E-state index in [-0.39, 0.29) is 5.91 Å². The molecule has 4 nitrogen and oxygen atoms in total. The van der Waals surface area contributed by atoms with Gasteiger partial charge >= 0.3 is 0 Å². The summed E-state index contributed by atoms with van der Waals surface area (Å²) in [6.45, 7) is 0.478. The van der Waals surface area contributed by atoms with Gasteiger partial charge in [-0.1, -0.05) is 29.8 Å². The first-order chi connectivity index (χ1) is 10.6. The summed E-state index contributed by atoms with van der Waals surface area (Å²) >= 11 is 6.15. The van der Waals surface area contributed by atoms with Gasteiger partial charge < -0.3 is 10.2 Å². The second-order valence-corrected chi connectivity index (χ2v) is 6.01. The summed E-state index contributed by atoms with van der Waals surface area (Å²) in [5.41, 5.74) is 1.57. The van der Waals surface area contributed by atoms with E-state index in [0.29, 0.717) is 23.2 Å². The zero-order valence-electron chi connectivity index (χ0n) is 12.4. The van der Waals surface area contributed by atoms with Crippen LogP contribution in [0.2, 0.25) is 5.02 Å². The van der Waals surface area contributed by atoms with Crippen LogP contribution in [0.25, 0.3) is 0 Å². The maximum atomic E-state index is 12.5. The summed E-state index contributed by atoms with van der Waals surface area (Å²) in [5.74, 6) is 0.723. The first kappa shape index (κ1) is 14.9. The molecule has 3 rings (SSSR count). The zero-order chi connectivity index (χ0) is 15.5. The molecule has 22 heavy (non-hydrogen) atoms. The van der Waals surface area contributed by atoms with Gasteiger partial charge in [-0.25, -0.2) is 4.98 Å². The van der Waals surface area contributed by atoms with Gasteiger partial charge in [-0.05, 0) is 36.6 Å². The van der Waals surface area contributed by atoms with E-state index in [1.54, 1.807) is 24.2 Å². The van der Waals surface area contributed by atoms with Gasteiger partial charge in [0.1, 0.15) is 5.82 Å². The van der Waals surface area contributed by atoms with Crippen LogP contribution in [0.3, 0.4) is 0 Å². The van der Waals surface area contributed by atoms with Crippen molar-refractivity contribution in [1.29, 1.82) is 0 Å². The number of benzene rings is 1. The molecule has 0 radical (unpaired) electrons. The molecule has 1 heterocycles. The second-order valence-electron chi connectivity index (χ2n) is 5.60. The van der Waals surface area contributed by atoms with Crippen molar-refractivity contribution in [2.45, 2.75) is 25.4 Å². The Morgan fingerprint density at radius 1 is 1.36 bits per heavy atom. The van der Waals surface area contributed by atoms with Crippen molar-refractivity contribution in [3.05, 3.63) is 58.7 Å². The lowest BCUT2D eigenvalue weighted by atomic mass is 10.2. The van der Waals surface area contributed by atoms with E-state index in [2.05, 4.69) is 10.3 Å². The first-order valence-electron chi connectivity index (χ1n) is 7.35. The number of amides is 1. The first-order valence-corrected chi connectivity index (χ1v) is 7.73. The van der Waals surface area contributed by atoms with Crippen molar-refractivity contribution in [2.75, 3.05) is 12.4 Å². The van der Waals surface area contributed by atoms with Crippen LogP contribution in [-0.4, -0.2) is 28.9 Å². The molecule has 1 N–H and O–H groups in total. The lowest BCUT2D eigenvalue weighted by Crippen LogP contribution is -2.26. The average molecular weight is 316 g/mol. The molecule has 1 amide bonds. The molecule has 0 spiro atoms. The Labute approximate surface area is 135 Å². The quantitative estimate of drug-likeness (QED) is 0.917. The molecule has 1 fully saturated rings. The number of nitrogens with one attached hydrogen (secondary N) is 1. The Kier molecular flexibility index (Phi) is 4.29. The Bertz CT molecular complexity index is 685. The average Bonchev–Trinajstić information content (AvgIpc) is 3.33. The zero-order valence-corrected chi connectivity index (χ0v) is 13.2. The van der Waals surface area contributed by atoms with Gasteiger partial charge in [0.25, 0.3) is 5.91 Å². The number of carbonyl (C=O) groups excluding carboxylic acids is 1. The number of rotatable bonds is 5. The smallest absolute Gasteiger partial charge is 0.254 e. The molecule has 1 aliphatic carbocycles. The van der Waals surface area contributed by atoms with Crippen LogP contribution in [0.1, 0.15) is 28.8 Å². The summed E-state index contributed by atoms with van der Waals surface area (Å²) in [4.78, 5) is 18.5. The summed E-state index contributed by atoms with van der Waals surface area (Å²) < 4.78 is 0. The molecule has 1 aliphatic rings. The summed E-state index contributed by atoms with van der Waals surface area (Å²) in [6.07, 6.45) is 4.01. The summed E-state index contributed by atoms with van der Waals surface area (Å²) in [5, 5.41) is 3.98. The van der Waals surface area contributed by atoms with Crippen LogP contribution in [0, 0.1) is 0 Å². The molecular weight excluding hydrogens is 298 g/mol. The molecule has 0 saturated heterocycles. The van der Waals surface area contributed by atoms with Crippen LogP contribution in [0.5, 0.6) is 0 Å². The predicted molar refractivity (Wildman–Crippen MR) is 88.1 cm³/mol. The summed E-state index contributed by atoms with van der Waals surface area (Å²) in [6, 6.07) is 11.6. The van der Waals surface area contributed by atoms with E-state index in [9.17, 15) is 4.79 Å². The van der Waals surface area contributed by atoms with Crippen molar-refractivity contribution in [1.82, 2.24) is 9.88 Å². The topological polar surface area (TPSA) is 45.2 Å². The van der Waals surface area contributed by atoms with Gasteiger partial charge in [-0.2, -0.15) is 0 Å². The fourth-order valence-corrected chi connectivity index (χ4v) is 2.45. The van der Waals surface area contributed by atoms with E-state index >= 15 is 0 Å². The molecule has 0 aliphatic heterocycles. The number of halogens is 1. The van der Waals surface area contributed by atoms with Gasteiger partial charge in [0, 0.05) is 36.4 Å². The fourth-order valence-electron chi connectivity index (χ4n) is 2.25. The van der Waals surface area contributed by atoms with Crippen molar-refractivity contribution in [2.24, 2.45) is 0 Å². The lowest BCUT2D eigenvalue weighted by molar-refractivity contribution is 0.0785. The number of nitrogens with zero attached hydrogens (tertiary/aromatic N) is 2. The third-order valence-corrected chi connectivity index (χ3v) is 4.02. The third-order valence-electron chi connectivity index (χ3n) is 3.65. The fraction of sp³-hybridized carbons (Fsp3) is 0.294. The lowest BCUT2D eigenvalue weighted by Gasteiger charge is -2.18. The SMILES string of the molecule is CN(Cc1ccccc1Cl)C(=O)c1ccnc(NC2CC2)c1. The van der Waals surface area contributed by atoms with Gasteiger partial charge in [0.2, 0.25) is 0 Å². The van der Waals surface area contributed by atoms with Crippen molar-refractivity contribution in [3.63, 3.8) is 0 Å². The van der Waals surface area contributed by atoms with Gasteiger partial charge in [0.15, 0.2) is 0 Å². The molecule has 1 saturated carbocycles. The third kappa shape index (κ3) is 3.57. The number of aromatic nitrogens is 1. The predicted octanol–water partition coefficient (Wildman–Crippen LogP) is 3.58. The maximum Gasteiger partial charge on any atom is 0.254 e. The normalized spacial score (nSPS) is 13.7. The number of hydrogen-bond donors (Lipinski definition) is 1. The van der Waals surface area contributed by atoms with E-state index in [4.69, 9.17) is 11.6 Å². The van der Waals surface area contributed by atoms with Gasteiger partial charge in [-0.3, -0.25) is 4.79 Å². The highest BCUT2D eigenvalue weighted by Crippen LogP contribution is 2.24. The largest absolute Gasteiger partial charge is 0.367 e. The molecule has 0 unspecified atom stereocenters. The van der Waals surface area contributed by atoms with E-state index < -0.39 is 0 Å². The summed E-state index contributed by atoms with van der Waals surface area (Å²) in [7, 11) is 1.78. The Hall–Kier alpha value is -2.07. The standard InChI is InChI=1S/C17H18ClN3O/c1-21(11-13-4-2-3-5-15(13)18)17(22)12-8-9-19-16(10-12)20-14-6-7-14/h2-5,8-10,14H,6-7,11H2,1H3,(H,19,20). The Morgan fingerprint density at radius 3 is 2.86 bits per heavy atom. The minimum Gasteiger partial charge on any atom is -0.367 e. The number of hydrogen-bond acceptors (Lipinski definition) is 3. The van der Waals surface area contributed by atoms with Crippen molar-refractivity contribution in [3.8, 4) is 0 Å². The van der Waals surface area contributed by atoms with E-state index in [1.807, 2.05) is 30.3 Å². The van der Waals surface area contributed by atoms with Crippen LogP contribution in [0.4, 0.5) is 5.82 Å². The maximum absolute atomic E-state index is 12.5. The van der Waals surface area contributed by atoms with Crippen LogP contribution >= 0.6 is 11.6 Å². The van der Waals surface area contributed by atoms with Crippen molar-refractivity contribution >= 4 is 23.3 Å². The second kappa shape index (κ2) is 6.36. The van der Waals surface area contributed by atoms with Crippen LogP contribution < -0.4 is 5.32 Å². The number of anilines is 1. The van der Waals surface area contributed by atoms with Gasteiger partial charge in [0.05, 0.1) is 0 Å². The minimum absolute atomic E-state index is 0.0406. The number of pyridine rings is 1. The minimum atomic E-state index is -0.0406.